The number of ether oxygens (including phenoxy) is 1. The Morgan fingerprint density at radius 2 is 2.13 bits per heavy atom. The molecule has 0 radical (unpaired) electrons. The van der Waals surface area contributed by atoms with Crippen molar-refractivity contribution in [1.29, 1.82) is 0 Å². The predicted molar refractivity (Wildman–Crippen MR) is 47.9 cm³/mol. The fourth-order valence-electron chi connectivity index (χ4n) is 0.981. The smallest absolute Gasteiger partial charge is 0.395 e. The molecule has 15 heavy (non-hydrogen) atoms. The van der Waals surface area contributed by atoms with Gasteiger partial charge in [0.1, 0.15) is 9.88 Å². The minimum atomic E-state index is -4.31. The van der Waals surface area contributed by atoms with Crippen LogP contribution in [0.2, 0.25) is 0 Å². The SMILES string of the molecule is COC(=O)c1sc(CC(F)(F)F)nc1C. The quantitative estimate of drug-likeness (QED) is 0.743. The van der Waals surface area contributed by atoms with Gasteiger partial charge in [0, 0.05) is 0 Å². The highest BCUT2D eigenvalue weighted by molar-refractivity contribution is 7.13. The summed E-state index contributed by atoms with van der Waals surface area (Å²) in [6, 6.07) is 0. The second-order valence-corrected chi connectivity index (χ2v) is 3.89. The topological polar surface area (TPSA) is 39.2 Å². The van der Waals surface area contributed by atoms with E-state index in [2.05, 4.69) is 9.72 Å². The molecule has 1 heterocycles. The van der Waals surface area contributed by atoms with Crippen molar-refractivity contribution < 1.29 is 22.7 Å². The Bertz CT molecular complexity index is 372. The Balaban J connectivity index is 2.91. The molecule has 7 heteroatoms. The number of aryl methyl sites for hydroxylation is 1. The fraction of sp³-hybridized carbons (Fsp3) is 0.500. The van der Waals surface area contributed by atoms with Crippen LogP contribution in [-0.4, -0.2) is 24.2 Å². The van der Waals surface area contributed by atoms with E-state index in [1.807, 2.05) is 0 Å². The van der Waals surface area contributed by atoms with Crippen molar-refractivity contribution in [3.8, 4) is 0 Å². The van der Waals surface area contributed by atoms with E-state index in [1.54, 1.807) is 0 Å². The van der Waals surface area contributed by atoms with E-state index in [4.69, 9.17) is 0 Å². The average molecular weight is 239 g/mol. The van der Waals surface area contributed by atoms with Gasteiger partial charge in [0.25, 0.3) is 0 Å². The summed E-state index contributed by atoms with van der Waals surface area (Å²) in [5.74, 6) is -0.654. The molecule has 1 rings (SSSR count). The molecule has 0 amide bonds. The third kappa shape index (κ3) is 3.19. The first-order chi connectivity index (χ1) is 6.83. The molecule has 0 aliphatic rings. The number of methoxy groups -OCH3 is 1. The third-order valence-electron chi connectivity index (χ3n) is 1.56. The molecule has 0 unspecified atom stereocenters. The molecule has 3 nitrogen and oxygen atoms in total. The van der Waals surface area contributed by atoms with Gasteiger partial charge in [0.15, 0.2) is 0 Å². The van der Waals surface area contributed by atoms with E-state index >= 15 is 0 Å². The van der Waals surface area contributed by atoms with E-state index in [9.17, 15) is 18.0 Å². The van der Waals surface area contributed by atoms with Crippen molar-refractivity contribution in [3.05, 3.63) is 15.6 Å². The second kappa shape index (κ2) is 4.18. The van der Waals surface area contributed by atoms with Gasteiger partial charge in [-0.05, 0) is 6.92 Å². The highest BCUT2D eigenvalue weighted by Crippen LogP contribution is 2.26. The number of thiazole rings is 1. The zero-order valence-electron chi connectivity index (χ0n) is 8.01. The van der Waals surface area contributed by atoms with Gasteiger partial charge in [-0.3, -0.25) is 0 Å². The number of hydrogen-bond donors (Lipinski definition) is 0. The Labute approximate surface area is 87.9 Å². The summed E-state index contributed by atoms with van der Waals surface area (Å²) in [6.07, 6.45) is -5.42. The van der Waals surface area contributed by atoms with Crippen LogP contribution >= 0.6 is 11.3 Å². The molecule has 0 aliphatic carbocycles. The number of halogens is 3. The maximum Gasteiger partial charge on any atom is 0.395 e. The van der Waals surface area contributed by atoms with Gasteiger partial charge in [0.2, 0.25) is 0 Å². The minimum Gasteiger partial charge on any atom is -0.465 e. The first kappa shape index (κ1) is 12.0. The van der Waals surface area contributed by atoms with Crippen molar-refractivity contribution >= 4 is 17.3 Å². The largest absolute Gasteiger partial charge is 0.465 e. The first-order valence-electron chi connectivity index (χ1n) is 3.95. The molecule has 0 fully saturated rings. The molecule has 0 aliphatic heterocycles. The number of rotatable bonds is 2. The van der Waals surface area contributed by atoms with Crippen molar-refractivity contribution in [2.75, 3.05) is 7.11 Å². The fourth-order valence-corrected chi connectivity index (χ4v) is 2.00. The maximum atomic E-state index is 12.0. The Hall–Kier alpha value is -1.11. The van der Waals surface area contributed by atoms with Gasteiger partial charge < -0.3 is 4.74 Å². The van der Waals surface area contributed by atoms with E-state index in [1.165, 1.54) is 14.0 Å². The zero-order chi connectivity index (χ0) is 11.6. The van der Waals surface area contributed by atoms with Gasteiger partial charge >= 0.3 is 12.1 Å². The van der Waals surface area contributed by atoms with E-state index < -0.39 is 18.6 Å². The lowest BCUT2D eigenvalue weighted by Gasteiger charge is -2.01. The number of alkyl halides is 3. The van der Waals surface area contributed by atoms with Crippen LogP contribution in [0.1, 0.15) is 20.4 Å². The van der Waals surface area contributed by atoms with Gasteiger partial charge in [-0.1, -0.05) is 0 Å². The molecule has 1 aromatic heterocycles. The molecular formula is C8H8F3NO2S. The number of esters is 1. The zero-order valence-corrected chi connectivity index (χ0v) is 8.83. The summed E-state index contributed by atoms with van der Waals surface area (Å²) in [4.78, 5) is 14.9. The van der Waals surface area contributed by atoms with Crippen LogP contribution in [0.3, 0.4) is 0 Å². The Morgan fingerprint density at radius 3 is 2.60 bits per heavy atom. The molecule has 0 atom stereocenters. The van der Waals surface area contributed by atoms with Gasteiger partial charge in [0.05, 0.1) is 19.2 Å². The Kier molecular flexibility index (Phi) is 3.33. The highest BCUT2D eigenvalue weighted by Gasteiger charge is 2.30. The van der Waals surface area contributed by atoms with Crippen LogP contribution in [0.15, 0.2) is 0 Å². The van der Waals surface area contributed by atoms with E-state index in [-0.39, 0.29) is 15.6 Å². The van der Waals surface area contributed by atoms with Crippen LogP contribution in [0.4, 0.5) is 13.2 Å². The second-order valence-electron chi connectivity index (χ2n) is 2.81. The average Bonchev–Trinajstić information content (AvgIpc) is 2.42. The van der Waals surface area contributed by atoms with Crippen molar-refractivity contribution in [3.63, 3.8) is 0 Å². The summed E-state index contributed by atoms with van der Waals surface area (Å²) in [5, 5.41) is -0.125. The monoisotopic (exact) mass is 239 g/mol. The minimum absolute atomic E-state index is 0.122. The van der Waals surface area contributed by atoms with Crippen molar-refractivity contribution in [2.45, 2.75) is 19.5 Å². The van der Waals surface area contributed by atoms with Crippen LogP contribution in [-0.2, 0) is 11.2 Å². The normalized spacial score (nSPS) is 11.5. The molecule has 0 saturated heterocycles. The molecular weight excluding hydrogens is 231 g/mol. The lowest BCUT2D eigenvalue weighted by molar-refractivity contribution is -0.127. The third-order valence-corrected chi connectivity index (χ3v) is 2.70. The van der Waals surface area contributed by atoms with Gasteiger partial charge in [-0.2, -0.15) is 13.2 Å². The highest BCUT2D eigenvalue weighted by atomic mass is 32.1. The first-order valence-corrected chi connectivity index (χ1v) is 4.76. The molecule has 1 aromatic rings. The van der Waals surface area contributed by atoms with Gasteiger partial charge in [-0.25, -0.2) is 9.78 Å². The summed E-state index contributed by atoms with van der Waals surface area (Å²) in [7, 11) is 1.17. The Morgan fingerprint density at radius 1 is 1.53 bits per heavy atom. The lowest BCUT2D eigenvalue weighted by Crippen LogP contribution is -2.11. The standard InChI is InChI=1S/C8H8F3NO2S/c1-4-6(7(13)14-2)15-5(12-4)3-8(9,10)11/h3H2,1-2H3. The lowest BCUT2D eigenvalue weighted by atomic mass is 10.4. The van der Waals surface area contributed by atoms with Crippen LogP contribution in [0, 0.1) is 6.92 Å². The number of aromatic nitrogens is 1. The molecule has 0 N–H and O–H groups in total. The van der Waals surface area contributed by atoms with E-state index in [0.29, 0.717) is 11.3 Å². The van der Waals surface area contributed by atoms with Crippen LogP contribution in [0.5, 0.6) is 0 Å². The number of carbonyl (C=O) groups excluding carboxylic acids is 1. The van der Waals surface area contributed by atoms with Crippen molar-refractivity contribution in [2.24, 2.45) is 0 Å². The molecule has 0 spiro atoms. The van der Waals surface area contributed by atoms with Gasteiger partial charge in [-0.15, -0.1) is 11.3 Å². The molecule has 0 bridgehead atoms. The maximum absolute atomic E-state index is 12.0. The molecule has 84 valence electrons. The predicted octanol–water partition coefficient (Wildman–Crippen LogP) is 2.34. The van der Waals surface area contributed by atoms with E-state index in [0.717, 1.165) is 0 Å². The summed E-state index contributed by atoms with van der Waals surface area (Å²) in [5.41, 5.74) is 0.270. The number of hydrogen-bond acceptors (Lipinski definition) is 4. The number of nitrogens with zero attached hydrogens (tertiary/aromatic N) is 1. The van der Waals surface area contributed by atoms with Crippen molar-refractivity contribution in [1.82, 2.24) is 4.98 Å². The summed E-state index contributed by atoms with van der Waals surface area (Å²) in [6.45, 7) is 1.47. The van der Waals surface area contributed by atoms with Crippen LogP contribution in [0.25, 0.3) is 0 Å². The van der Waals surface area contributed by atoms with Crippen LogP contribution < -0.4 is 0 Å². The summed E-state index contributed by atoms with van der Waals surface area (Å²) >= 11 is 0.713. The molecule has 0 aromatic carbocycles. The number of carbonyl (C=O) groups is 1. The molecule has 0 saturated carbocycles. The summed E-state index contributed by atoms with van der Waals surface area (Å²) < 4.78 is 40.5.